The molecule has 1 aliphatic heterocycles. The predicted octanol–water partition coefficient (Wildman–Crippen LogP) is 3.61. The fourth-order valence-corrected chi connectivity index (χ4v) is 3.34. The van der Waals surface area contributed by atoms with Crippen molar-refractivity contribution in [1.29, 1.82) is 0 Å². The van der Waals surface area contributed by atoms with Gasteiger partial charge in [-0.25, -0.2) is 0 Å². The summed E-state index contributed by atoms with van der Waals surface area (Å²) in [4.78, 5) is 2.66. The van der Waals surface area contributed by atoms with Gasteiger partial charge in [0.2, 0.25) is 0 Å². The summed E-state index contributed by atoms with van der Waals surface area (Å²) in [6, 6.07) is 4.42. The lowest BCUT2D eigenvalue weighted by Crippen LogP contribution is -2.25. The quantitative estimate of drug-likeness (QED) is 0.874. The first-order valence-electron chi connectivity index (χ1n) is 6.39. The molecule has 0 spiro atoms. The zero-order valence-electron chi connectivity index (χ0n) is 11.2. The highest BCUT2D eigenvalue weighted by atomic mass is 32.1. The van der Waals surface area contributed by atoms with Gasteiger partial charge in [-0.3, -0.25) is 0 Å². The van der Waals surface area contributed by atoms with Gasteiger partial charge in [0.05, 0.1) is 18.2 Å². The molecule has 1 aromatic heterocycles. The average Bonchev–Trinajstić information content (AvgIpc) is 2.83. The van der Waals surface area contributed by atoms with E-state index in [2.05, 4.69) is 39.8 Å². The molecule has 0 radical (unpaired) electrons. The van der Waals surface area contributed by atoms with Gasteiger partial charge in [0.25, 0.3) is 0 Å². The van der Waals surface area contributed by atoms with Gasteiger partial charge in [-0.05, 0) is 37.3 Å². The zero-order valence-corrected chi connectivity index (χ0v) is 12.0. The molecule has 3 heteroatoms. The molecule has 1 fully saturated rings. The first-order chi connectivity index (χ1) is 7.88. The summed E-state index contributed by atoms with van der Waals surface area (Å²) in [7, 11) is 0. The smallest absolute Gasteiger partial charge is 0.0780 e. The van der Waals surface area contributed by atoms with Gasteiger partial charge in [-0.15, -0.1) is 11.3 Å². The van der Waals surface area contributed by atoms with Crippen molar-refractivity contribution < 1.29 is 4.74 Å². The lowest BCUT2D eigenvalue weighted by Gasteiger charge is -2.19. The summed E-state index contributed by atoms with van der Waals surface area (Å²) in [5, 5.41) is 0. The Labute approximate surface area is 108 Å². The predicted molar refractivity (Wildman–Crippen MR) is 73.5 cm³/mol. The van der Waals surface area contributed by atoms with E-state index in [4.69, 9.17) is 10.5 Å². The topological polar surface area (TPSA) is 35.2 Å². The lowest BCUT2D eigenvalue weighted by molar-refractivity contribution is 0.0408. The number of nitrogens with two attached hydrogens (primary N) is 1. The van der Waals surface area contributed by atoms with Crippen LogP contribution in [0.2, 0.25) is 0 Å². The second kappa shape index (κ2) is 4.71. The van der Waals surface area contributed by atoms with Gasteiger partial charge in [0, 0.05) is 9.75 Å². The van der Waals surface area contributed by atoms with E-state index in [-0.39, 0.29) is 17.6 Å². The van der Waals surface area contributed by atoms with E-state index >= 15 is 0 Å². The summed E-state index contributed by atoms with van der Waals surface area (Å²) < 4.78 is 5.85. The van der Waals surface area contributed by atoms with Crippen molar-refractivity contribution in [2.75, 3.05) is 0 Å². The summed E-state index contributed by atoms with van der Waals surface area (Å²) in [5.41, 5.74) is 6.52. The second-order valence-electron chi connectivity index (χ2n) is 6.04. The molecule has 1 saturated heterocycles. The van der Waals surface area contributed by atoms with Crippen molar-refractivity contribution in [3.05, 3.63) is 21.9 Å². The molecule has 0 aromatic carbocycles. The Bertz CT molecular complexity index is 380. The van der Waals surface area contributed by atoms with Crippen molar-refractivity contribution >= 4 is 11.3 Å². The van der Waals surface area contributed by atoms with Crippen LogP contribution >= 0.6 is 11.3 Å². The molecule has 1 aromatic rings. The van der Waals surface area contributed by atoms with E-state index in [1.807, 2.05) is 11.3 Å². The molecular formula is C14H23NOS. The molecule has 0 saturated carbocycles. The molecule has 3 unspecified atom stereocenters. The minimum atomic E-state index is 0.0426. The van der Waals surface area contributed by atoms with Gasteiger partial charge in [-0.2, -0.15) is 0 Å². The van der Waals surface area contributed by atoms with Crippen molar-refractivity contribution in [3.8, 4) is 0 Å². The third-order valence-electron chi connectivity index (χ3n) is 3.36. The number of thiophene rings is 1. The lowest BCUT2D eigenvalue weighted by atomic mass is 9.95. The van der Waals surface area contributed by atoms with Gasteiger partial charge in [-0.1, -0.05) is 20.8 Å². The van der Waals surface area contributed by atoms with Crippen LogP contribution in [0.1, 0.15) is 56.3 Å². The van der Waals surface area contributed by atoms with Crippen LogP contribution in [-0.2, 0) is 10.2 Å². The van der Waals surface area contributed by atoms with E-state index in [1.165, 1.54) is 9.75 Å². The molecule has 2 nitrogen and oxygen atoms in total. The second-order valence-corrected chi connectivity index (χ2v) is 7.16. The Morgan fingerprint density at radius 1 is 1.35 bits per heavy atom. The molecule has 96 valence electrons. The average molecular weight is 253 g/mol. The fraction of sp³-hybridized carbons (Fsp3) is 0.714. The van der Waals surface area contributed by atoms with E-state index < -0.39 is 0 Å². The maximum Gasteiger partial charge on any atom is 0.0780 e. The molecule has 0 bridgehead atoms. The largest absolute Gasteiger partial charge is 0.373 e. The van der Waals surface area contributed by atoms with Crippen molar-refractivity contribution in [2.45, 2.75) is 64.2 Å². The van der Waals surface area contributed by atoms with Crippen LogP contribution in [-0.4, -0.2) is 12.2 Å². The zero-order chi connectivity index (χ0) is 12.6. The van der Waals surface area contributed by atoms with Crippen LogP contribution in [0, 0.1) is 0 Å². The third kappa shape index (κ3) is 2.90. The Morgan fingerprint density at radius 3 is 2.53 bits per heavy atom. The van der Waals surface area contributed by atoms with Gasteiger partial charge < -0.3 is 10.5 Å². The van der Waals surface area contributed by atoms with Gasteiger partial charge >= 0.3 is 0 Å². The molecular weight excluding hydrogens is 230 g/mol. The van der Waals surface area contributed by atoms with Gasteiger partial charge in [0.15, 0.2) is 0 Å². The van der Waals surface area contributed by atoms with E-state index in [0.29, 0.717) is 6.10 Å². The van der Waals surface area contributed by atoms with Crippen molar-refractivity contribution in [3.63, 3.8) is 0 Å². The summed E-state index contributed by atoms with van der Waals surface area (Å²) in [5.74, 6) is 0. The van der Waals surface area contributed by atoms with Crippen LogP contribution in [0.25, 0.3) is 0 Å². The van der Waals surface area contributed by atoms with Gasteiger partial charge in [0.1, 0.15) is 0 Å². The van der Waals surface area contributed by atoms with Crippen LogP contribution in [0.15, 0.2) is 12.1 Å². The maximum absolute atomic E-state index is 6.30. The third-order valence-corrected chi connectivity index (χ3v) is 4.97. The highest BCUT2D eigenvalue weighted by Crippen LogP contribution is 2.35. The standard InChI is InChI=1S/C14H23NOS/c1-9-5-6-10(16-9)13(15)11-7-8-12(17-11)14(2,3)4/h7-10,13H,5-6,15H2,1-4H3. The number of hydrogen-bond acceptors (Lipinski definition) is 3. The van der Waals surface area contributed by atoms with Crippen LogP contribution in [0.4, 0.5) is 0 Å². The normalized spacial score (nSPS) is 27.4. The Morgan fingerprint density at radius 2 is 2.06 bits per heavy atom. The van der Waals surface area contributed by atoms with E-state index in [0.717, 1.165) is 12.8 Å². The molecule has 2 heterocycles. The Kier molecular flexibility index (Phi) is 3.62. The fourth-order valence-electron chi connectivity index (χ4n) is 2.22. The number of rotatable bonds is 2. The SMILES string of the molecule is CC1CCC(C(N)c2ccc(C(C)(C)C)s2)O1. The molecule has 0 amide bonds. The Hall–Kier alpha value is -0.380. The van der Waals surface area contributed by atoms with Crippen LogP contribution in [0.5, 0.6) is 0 Å². The molecule has 0 aliphatic carbocycles. The monoisotopic (exact) mass is 253 g/mol. The molecule has 17 heavy (non-hydrogen) atoms. The first kappa shape index (κ1) is 13.1. The summed E-state index contributed by atoms with van der Waals surface area (Å²) >= 11 is 1.83. The molecule has 3 atom stereocenters. The number of hydrogen-bond donors (Lipinski definition) is 1. The summed E-state index contributed by atoms with van der Waals surface area (Å²) in [6.45, 7) is 8.84. The van der Waals surface area contributed by atoms with Crippen molar-refractivity contribution in [1.82, 2.24) is 0 Å². The van der Waals surface area contributed by atoms with E-state index in [9.17, 15) is 0 Å². The highest BCUT2D eigenvalue weighted by molar-refractivity contribution is 7.12. The highest BCUT2D eigenvalue weighted by Gasteiger charge is 2.29. The van der Waals surface area contributed by atoms with E-state index in [1.54, 1.807) is 0 Å². The maximum atomic E-state index is 6.30. The first-order valence-corrected chi connectivity index (χ1v) is 7.21. The van der Waals surface area contributed by atoms with Crippen LogP contribution < -0.4 is 5.73 Å². The minimum absolute atomic E-state index is 0.0426. The number of ether oxygens (including phenoxy) is 1. The summed E-state index contributed by atoms with van der Waals surface area (Å²) in [6.07, 6.45) is 2.80. The minimum Gasteiger partial charge on any atom is -0.373 e. The molecule has 2 N–H and O–H groups in total. The molecule has 1 aliphatic rings. The van der Waals surface area contributed by atoms with Crippen molar-refractivity contribution in [2.24, 2.45) is 5.73 Å². The Balaban J connectivity index is 2.09. The van der Waals surface area contributed by atoms with Crippen LogP contribution in [0.3, 0.4) is 0 Å². The molecule has 2 rings (SSSR count).